The average Bonchev–Trinajstić information content (AvgIpc) is 2.45. The van der Waals surface area contributed by atoms with E-state index in [0.29, 0.717) is 6.61 Å². The van der Waals surface area contributed by atoms with Crippen molar-refractivity contribution in [3.05, 3.63) is 0 Å². The van der Waals surface area contributed by atoms with E-state index in [0.717, 1.165) is 12.8 Å². The number of rotatable bonds is 17. The SMILES string of the molecule is CCCCCCCCCCCCOOOOCCS(=O)(=O)[O-].[Na+]. The molecule has 0 aromatic rings. The van der Waals surface area contributed by atoms with E-state index >= 15 is 0 Å². The molecule has 0 aliphatic heterocycles. The maximum absolute atomic E-state index is 10.2. The topological polar surface area (TPSA) is 94.1 Å². The first-order valence-corrected chi connectivity index (χ1v) is 9.65. The largest absolute Gasteiger partial charge is 1.00 e. The van der Waals surface area contributed by atoms with Crippen LogP contribution in [0.1, 0.15) is 71.1 Å². The standard InChI is InChI=1S/C14H30O7S.Na/c1-2-3-4-5-6-7-8-9-10-11-12-18-20-21-19-13-14-22(15,16)17;/h2-14H2,1H3,(H,15,16,17);/q;+1/p-1. The van der Waals surface area contributed by atoms with Gasteiger partial charge in [0.1, 0.15) is 0 Å². The molecule has 134 valence electrons. The number of unbranched alkanes of at least 4 members (excludes halogenated alkanes) is 9. The van der Waals surface area contributed by atoms with Gasteiger partial charge in [-0.25, -0.2) is 18.2 Å². The molecule has 0 N–H and O–H groups in total. The van der Waals surface area contributed by atoms with Gasteiger partial charge in [-0.05, 0) is 16.5 Å². The van der Waals surface area contributed by atoms with Crippen LogP contribution in [0.4, 0.5) is 0 Å². The molecule has 0 fully saturated rings. The Morgan fingerprint density at radius 3 is 1.65 bits per heavy atom. The van der Waals surface area contributed by atoms with Crippen molar-refractivity contribution in [3.63, 3.8) is 0 Å². The summed E-state index contributed by atoms with van der Waals surface area (Å²) in [7, 11) is -4.29. The molecule has 23 heavy (non-hydrogen) atoms. The summed E-state index contributed by atoms with van der Waals surface area (Å²) < 4.78 is 30.6. The Labute approximate surface area is 162 Å². The summed E-state index contributed by atoms with van der Waals surface area (Å²) in [5, 5.41) is 8.31. The van der Waals surface area contributed by atoms with Crippen molar-refractivity contribution in [2.24, 2.45) is 0 Å². The minimum atomic E-state index is -4.29. The van der Waals surface area contributed by atoms with E-state index in [-0.39, 0.29) is 29.6 Å². The Hall–Kier alpha value is 0.750. The molecule has 0 aliphatic rings. The van der Waals surface area contributed by atoms with Gasteiger partial charge < -0.3 is 4.55 Å². The Kier molecular flexibility index (Phi) is 21.6. The van der Waals surface area contributed by atoms with Crippen LogP contribution in [-0.2, 0) is 30.0 Å². The van der Waals surface area contributed by atoms with Crippen molar-refractivity contribution in [2.75, 3.05) is 19.0 Å². The summed E-state index contributed by atoms with van der Waals surface area (Å²) in [6, 6.07) is 0. The maximum Gasteiger partial charge on any atom is 1.00 e. The molecular formula is C14H29NaO7S. The summed E-state index contributed by atoms with van der Waals surface area (Å²) >= 11 is 0. The quantitative estimate of drug-likeness (QED) is 0.120. The first-order chi connectivity index (χ1) is 10.6. The molecule has 0 aliphatic carbocycles. The summed E-state index contributed by atoms with van der Waals surface area (Å²) in [6.45, 7) is 2.20. The fraction of sp³-hybridized carbons (Fsp3) is 1.00. The van der Waals surface area contributed by atoms with Crippen LogP contribution in [0.25, 0.3) is 0 Å². The van der Waals surface area contributed by atoms with Crippen LogP contribution >= 0.6 is 0 Å². The number of hydrogen-bond donors (Lipinski definition) is 0. The van der Waals surface area contributed by atoms with Crippen LogP contribution in [0.5, 0.6) is 0 Å². The van der Waals surface area contributed by atoms with E-state index in [1.807, 2.05) is 0 Å². The summed E-state index contributed by atoms with van der Waals surface area (Å²) in [6.07, 6.45) is 12.3. The fourth-order valence-electron chi connectivity index (χ4n) is 1.89. The molecule has 0 aromatic heterocycles. The van der Waals surface area contributed by atoms with E-state index < -0.39 is 22.5 Å². The van der Waals surface area contributed by atoms with E-state index in [4.69, 9.17) is 0 Å². The van der Waals surface area contributed by atoms with Gasteiger partial charge >= 0.3 is 29.6 Å². The molecule has 7 nitrogen and oxygen atoms in total. The van der Waals surface area contributed by atoms with Crippen molar-refractivity contribution in [3.8, 4) is 0 Å². The average molecular weight is 364 g/mol. The molecule has 0 bridgehead atoms. The molecule has 0 heterocycles. The number of hydrogen-bond acceptors (Lipinski definition) is 7. The first kappa shape index (κ1) is 26.0. The van der Waals surface area contributed by atoms with Gasteiger partial charge in [0.05, 0.1) is 29.1 Å². The van der Waals surface area contributed by atoms with Gasteiger partial charge in [-0.1, -0.05) is 64.7 Å². The van der Waals surface area contributed by atoms with Crippen LogP contribution in [-0.4, -0.2) is 31.9 Å². The normalized spacial score (nSPS) is 11.4. The van der Waals surface area contributed by atoms with Crippen LogP contribution in [0.3, 0.4) is 0 Å². The Morgan fingerprint density at radius 1 is 0.739 bits per heavy atom. The Balaban J connectivity index is 0. The maximum atomic E-state index is 10.2. The third-order valence-electron chi connectivity index (χ3n) is 3.12. The molecule has 0 unspecified atom stereocenters. The summed E-state index contributed by atoms with van der Waals surface area (Å²) in [4.78, 5) is 8.95. The second kappa shape index (κ2) is 19.1. The predicted octanol–water partition coefficient (Wildman–Crippen LogP) is 0.268. The van der Waals surface area contributed by atoms with E-state index in [2.05, 4.69) is 26.8 Å². The van der Waals surface area contributed by atoms with E-state index in [1.165, 1.54) is 51.4 Å². The third kappa shape index (κ3) is 25.1. The van der Waals surface area contributed by atoms with Crippen molar-refractivity contribution >= 4 is 10.1 Å². The molecule has 0 atom stereocenters. The van der Waals surface area contributed by atoms with Gasteiger partial charge in [0.2, 0.25) is 0 Å². The van der Waals surface area contributed by atoms with Gasteiger partial charge in [-0.3, -0.25) is 0 Å². The zero-order chi connectivity index (χ0) is 16.5. The van der Waals surface area contributed by atoms with Gasteiger partial charge in [0, 0.05) is 0 Å². The Bertz CT molecular complexity index is 325. The van der Waals surface area contributed by atoms with E-state index in [1.54, 1.807) is 0 Å². The second-order valence-corrected chi connectivity index (χ2v) is 6.75. The van der Waals surface area contributed by atoms with Crippen LogP contribution in [0.15, 0.2) is 0 Å². The minimum absolute atomic E-state index is 0. The molecule has 0 saturated carbocycles. The van der Waals surface area contributed by atoms with Crippen molar-refractivity contribution in [2.45, 2.75) is 71.1 Å². The fourth-order valence-corrected chi connectivity index (χ4v) is 2.16. The van der Waals surface area contributed by atoms with Crippen LogP contribution in [0.2, 0.25) is 0 Å². The first-order valence-electron chi connectivity index (χ1n) is 8.07. The zero-order valence-corrected chi connectivity index (χ0v) is 17.3. The van der Waals surface area contributed by atoms with Crippen molar-refractivity contribution in [1.29, 1.82) is 0 Å². The van der Waals surface area contributed by atoms with Gasteiger partial charge in [-0.15, -0.1) is 0 Å². The zero-order valence-electron chi connectivity index (χ0n) is 14.5. The molecular weight excluding hydrogens is 335 g/mol. The van der Waals surface area contributed by atoms with Crippen molar-refractivity contribution in [1.82, 2.24) is 0 Å². The van der Waals surface area contributed by atoms with Gasteiger partial charge in [-0.2, -0.15) is 0 Å². The van der Waals surface area contributed by atoms with Crippen LogP contribution in [0, 0.1) is 0 Å². The van der Waals surface area contributed by atoms with Crippen molar-refractivity contribution < 1.29 is 62.4 Å². The predicted molar refractivity (Wildman–Crippen MR) is 80.5 cm³/mol. The second-order valence-electron chi connectivity index (χ2n) is 5.22. The monoisotopic (exact) mass is 364 g/mol. The minimum Gasteiger partial charge on any atom is -0.748 e. The molecule has 0 saturated heterocycles. The Morgan fingerprint density at radius 2 is 1.17 bits per heavy atom. The van der Waals surface area contributed by atoms with Gasteiger partial charge in [0.15, 0.2) is 0 Å². The molecule has 0 rings (SSSR count). The third-order valence-corrected chi connectivity index (χ3v) is 3.79. The molecule has 0 spiro atoms. The van der Waals surface area contributed by atoms with E-state index in [9.17, 15) is 13.0 Å². The smallest absolute Gasteiger partial charge is 0.748 e. The van der Waals surface area contributed by atoms with Crippen LogP contribution < -0.4 is 29.6 Å². The molecule has 9 heteroatoms. The molecule has 0 radical (unpaired) electrons. The summed E-state index contributed by atoms with van der Waals surface area (Å²) in [5.74, 6) is -0.672. The summed E-state index contributed by atoms with van der Waals surface area (Å²) in [5.41, 5.74) is 0. The molecule has 0 aromatic carbocycles. The molecule has 0 amide bonds. The van der Waals surface area contributed by atoms with Gasteiger partial charge in [0.25, 0.3) is 0 Å².